The fourth-order valence-corrected chi connectivity index (χ4v) is 4.62. The number of aliphatic imine (C=N–C) groups is 1. The van der Waals surface area contributed by atoms with Crippen LogP contribution in [0.2, 0.25) is 0 Å². The Morgan fingerprint density at radius 1 is 1.00 bits per heavy atom. The summed E-state index contributed by atoms with van der Waals surface area (Å²) in [6.45, 7) is 2.70. The molecule has 1 amide bonds. The Bertz CT molecular complexity index is 1290. The highest BCUT2D eigenvalue weighted by molar-refractivity contribution is 9.10. The van der Waals surface area contributed by atoms with E-state index in [1.165, 1.54) is 0 Å². The summed E-state index contributed by atoms with van der Waals surface area (Å²) in [5.41, 5.74) is 7.24. The minimum Gasteiger partial charge on any atom is -0.497 e. The number of aliphatic hydroxyl groups is 1. The highest BCUT2D eigenvalue weighted by Crippen LogP contribution is 2.33. The lowest BCUT2D eigenvalue weighted by Gasteiger charge is -2.28. The quantitative estimate of drug-likeness (QED) is 0.196. The largest absolute Gasteiger partial charge is 0.497 e. The summed E-state index contributed by atoms with van der Waals surface area (Å²) in [7, 11) is 3.18. The molecule has 3 aromatic rings. The molecule has 0 aromatic heterocycles. The molecule has 40 heavy (non-hydrogen) atoms. The Kier molecular flexibility index (Phi) is 10.0. The maximum Gasteiger partial charge on any atom is 0.266 e. The Labute approximate surface area is 242 Å². The van der Waals surface area contributed by atoms with E-state index in [0.717, 1.165) is 21.2 Å². The van der Waals surface area contributed by atoms with Crippen molar-refractivity contribution in [1.29, 1.82) is 0 Å². The zero-order valence-electron chi connectivity index (χ0n) is 22.8. The second kappa shape index (κ2) is 13.6. The van der Waals surface area contributed by atoms with Crippen LogP contribution in [-0.2, 0) is 22.5 Å². The van der Waals surface area contributed by atoms with Crippen molar-refractivity contribution in [2.75, 3.05) is 27.4 Å². The van der Waals surface area contributed by atoms with Gasteiger partial charge in [-0.15, -0.1) is 0 Å². The number of benzene rings is 3. The summed E-state index contributed by atoms with van der Waals surface area (Å²) >= 11 is 3.47. The van der Waals surface area contributed by atoms with Crippen molar-refractivity contribution in [3.63, 3.8) is 0 Å². The van der Waals surface area contributed by atoms with Gasteiger partial charge in [-0.1, -0.05) is 28.1 Å². The second-order valence-corrected chi connectivity index (χ2v) is 10.3. The molecule has 0 saturated carbocycles. The van der Waals surface area contributed by atoms with Gasteiger partial charge in [-0.25, -0.2) is 10.4 Å². The molecule has 0 fully saturated rings. The number of rotatable bonds is 13. The number of hydrazine groups is 1. The molecule has 2 atom stereocenters. The van der Waals surface area contributed by atoms with E-state index in [1.807, 2.05) is 67.6 Å². The Morgan fingerprint density at radius 3 is 2.30 bits per heavy atom. The third kappa shape index (κ3) is 7.12. The Hall–Kier alpha value is -3.60. The van der Waals surface area contributed by atoms with Crippen molar-refractivity contribution in [3.05, 3.63) is 87.9 Å². The van der Waals surface area contributed by atoms with Crippen LogP contribution in [0.1, 0.15) is 30.0 Å². The number of carbonyl (C=O) groups is 1. The van der Waals surface area contributed by atoms with Gasteiger partial charge in [0.25, 0.3) is 5.91 Å². The summed E-state index contributed by atoms with van der Waals surface area (Å²) in [5.74, 6) is 2.08. The van der Waals surface area contributed by atoms with Crippen LogP contribution in [0.3, 0.4) is 0 Å². The molecule has 0 aliphatic carbocycles. The first-order valence-electron chi connectivity index (χ1n) is 13.0. The number of nitrogens with one attached hydrogen (secondary N) is 2. The normalized spacial score (nSPS) is 18.0. The summed E-state index contributed by atoms with van der Waals surface area (Å²) in [6.07, 6.45) is 0.362. The number of halogens is 1. The first kappa shape index (κ1) is 29.4. The number of methoxy groups -OCH3 is 2. The van der Waals surface area contributed by atoms with Gasteiger partial charge >= 0.3 is 0 Å². The molecule has 0 saturated heterocycles. The van der Waals surface area contributed by atoms with Gasteiger partial charge < -0.3 is 24.1 Å². The SMILES string of the molecule is COc1cc(CNNC(=O)[C@@]2(Cc3ccc(Br)cc3)N=C(c3ccc(OCCCO)cc3)O[C@H]2C)cc(OC)c1. The predicted octanol–water partition coefficient (Wildman–Crippen LogP) is 4.20. The minimum atomic E-state index is -1.21. The standard InChI is InChI=1S/C30H34BrN3O6/c1-20-30(18-21-5-9-24(31)10-6-21,29(36)34-32-19-22-15-26(37-2)17-27(16-22)38-3)33-28(40-20)23-7-11-25(12-8-23)39-14-4-13-35/h5-12,15-17,20,32,35H,4,13-14,18-19H2,1-3H3,(H,34,36)/t20-,30-/m0/s1. The van der Waals surface area contributed by atoms with E-state index in [1.54, 1.807) is 20.3 Å². The molecule has 0 spiro atoms. The number of hydrogen-bond acceptors (Lipinski definition) is 8. The third-order valence-electron chi connectivity index (χ3n) is 6.62. The molecule has 4 rings (SSSR count). The van der Waals surface area contributed by atoms with Gasteiger partial charge in [-0.05, 0) is 66.6 Å². The predicted molar refractivity (Wildman–Crippen MR) is 156 cm³/mol. The van der Waals surface area contributed by atoms with Crippen molar-refractivity contribution in [2.24, 2.45) is 4.99 Å². The number of aliphatic hydroxyl groups excluding tert-OH is 1. The van der Waals surface area contributed by atoms with Crippen LogP contribution in [0.25, 0.3) is 0 Å². The molecule has 212 valence electrons. The number of ether oxygens (including phenoxy) is 4. The molecule has 9 nitrogen and oxygen atoms in total. The average Bonchev–Trinajstić information content (AvgIpc) is 3.31. The molecule has 1 aliphatic heterocycles. The van der Waals surface area contributed by atoms with Crippen molar-refractivity contribution in [3.8, 4) is 17.2 Å². The first-order valence-corrected chi connectivity index (χ1v) is 13.8. The van der Waals surface area contributed by atoms with Crippen molar-refractivity contribution in [2.45, 2.75) is 38.0 Å². The van der Waals surface area contributed by atoms with Crippen LogP contribution >= 0.6 is 15.9 Å². The Morgan fingerprint density at radius 2 is 1.68 bits per heavy atom. The fraction of sp³-hybridized carbons (Fsp3) is 0.333. The van der Waals surface area contributed by atoms with Gasteiger partial charge in [0.05, 0.1) is 20.8 Å². The van der Waals surface area contributed by atoms with Gasteiger partial charge in [0, 0.05) is 42.1 Å². The van der Waals surface area contributed by atoms with Gasteiger partial charge in [0.2, 0.25) is 5.90 Å². The first-order chi connectivity index (χ1) is 19.4. The zero-order valence-corrected chi connectivity index (χ0v) is 24.4. The minimum absolute atomic E-state index is 0.0751. The van der Waals surface area contributed by atoms with Gasteiger partial charge in [-0.3, -0.25) is 10.2 Å². The molecule has 3 aromatic carbocycles. The van der Waals surface area contributed by atoms with Crippen LogP contribution in [-0.4, -0.2) is 56.0 Å². The fourth-order valence-electron chi connectivity index (χ4n) is 4.36. The number of hydrogen-bond donors (Lipinski definition) is 3. The monoisotopic (exact) mass is 611 g/mol. The molecular weight excluding hydrogens is 578 g/mol. The number of carbonyl (C=O) groups excluding carboxylic acids is 1. The molecule has 0 bridgehead atoms. The Balaban J connectivity index is 1.55. The van der Waals surface area contributed by atoms with Crippen LogP contribution < -0.4 is 25.1 Å². The second-order valence-electron chi connectivity index (χ2n) is 9.38. The zero-order chi connectivity index (χ0) is 28.5. The molecule has 1 aliphatic rings. The molecule has 10 heteroatoms. The molecule has 0 radical (unpaired) electrons. The van der Waals surface area contributed by atoms with Crippen molar-refractivity contribution < 1.29 is 28.8 Å². The summed E-state index contributed by atoms with van der Waals surface area (Å²) in [6, 6.07) is 20.7. The molecular formula is C30H34BrN3O6. The molecule has 1 heterocycles. The van der Waals surface area contributed by atoms with E-state index in [2.05, 4.69) is 26.8 Å². The number of amides is 1. The maximum atomic E-state index is 13.8. The van der Waals surface area contributed by atoms with Gasteiger partial charge in [0.1, 0.15) is 23.4 Å². The van der Waals surface area contributed by atoms with Crippen LogP contribution in [0.15, 0.2) is 76.2 Å². The van der Waals surface area contributed by atoms with E-state index in [9.17, 15) is 4.79 Å². The maximum absolute atomic E-state index is 13.8. The third-order valence-corrected chi connectivity index (χ3v) is 7.15. The van der Waals surface area contributed by atoms with Crippen LogP contribution in [0, 0.1) is 0 Å². The molecule has 3 N–H and O–H groups in total. The summed E-state index contributed by atoms with van der Waals surface area (Å²) in [4.78, 5) is 18.7. The van der Waals surface area contributed by atoms with Crippen LogP contribution in [0.5, 0.6) is 17.2 Å². The lowest BCUT2D eigenvalue weighted by molar-refractivity contribution is -0.129. The van der Waals surface area contributed by atoms with E-state index in [0.29, 0.717) is 49.1 Å². The highest BCUT2D eigenvalue weighted by Gasteiger charge is 2.50. The van der Waals surface area contributed by atoms with Crippen molar-refractivity contribution >= 4 is 27.7 Å². The smallest absolute Gasteiger partial charge is 0.266 e. The van der Waals surface area contributed by atoms with Crippen LogP contribution in [0.4, 0.5) is 0 Å². The number of nitrogens with zero attached hydrogens (tertiary/aromatic N) is 1. The highest BCUT2D eigenvalue weighted by atomic mass is 79.9. The topological polar surface area (TPSA) is 111 Å². The summed E-state index contributed by atoms with van der Waals surface area (Å²) in [5, 5.41) is 8.96. The van der Waals surface area contributed by atoms with E-state index < -0.39 is 11.6 Å². The molecule has 0 unspecified atom stereocenters. The van der Waals surface area contributed by atoms with Gasteiger partial charge in [-0.2, -0.15) is 0 Å². The summed E-state index contributed by atoms with van der Waals surface area (Å²) < 4.78 is 23.5. The lowest BCUT2D eigenvalue weighted by Crippen LogP contribution is -2.55. The van der Waals surface area contributed by atoms with Crippen molar-refractivity contribution in [1.82, 2.24) is 10.9 Å². The van der Waals surface area contributed by atoms with E-state index in [4.69, 9.17) is 29.0 Å². The van der Waals surface area contributed by atoms with Gasteiger partial charge in [0.15, 0.2) is 5.54 Å². The average molecular weight is 613 g/mol. The van der Waals surface area contributed by atoms with E-state index in [-0.39, 0.29) is 12.5 Å². The lowest BCUT2D eigenvalue weighted by atomic mass is 9.86. The van der Waals surface area contributed by atoms with E-state index >= 15 is 0 Å².